The molecule has 96 valence electrons. The summed E-state index contributed by atoms with van der Waals surface area (Å²) < 4.78 is 10.5. The first-order chi connectivity index (χ1) is 8.74. The van der Waals surface area contributed by atoms with Crippen molar-refractivity contribution in [3.63, 3.8) is 0 Å². The van der Waals surface area contributed by atoms with Crippen molar-refractivity contribution in [2.75, 3.05) is 13.2 Å². The molecule has 0 N–H and O–H groups in total. The average molecular weight is 247 g/mol. The van der Waals surface area contributed by atoms with Crippen molar-refractivity contribution in [2.24, 2.45) is 0 Å². The van der Waals surface area contributed by atoms with E-state index in [1.54, 1.807) is 19.1 Å². The highest BCUT2D eigenvalue weighted by Crippen LogP contribution is 2.26. The minimum Gasteiger partial charge on any atom is -0.493 e. The van der Waals surface area contributed by atoms with Gasteiger partial charge in [-0.3, -0.25) is 0 Å². The van der Waals surface area contributed by atoms with Gasteiger partial charge in [0.2, 0.25) is 0 Å². The van der Waals surface area contributed by atoms with Crippen LogP contribution in [0.2, 0.25) is 0 Å². The van der Waals surface area contributed by atoms with E-state index in [1.807, 2.05) is 13.0 Å². The lowest BCUT2D eigenvalue weighted by Gasteiger charge is -2.13. The minimum atomic E-state index is -0.389. The van der Waals surface area contributed by atoms with E-state index in [0.29, 0.717) is 37.4 Å². The van der Waals surface area contributed by atoms with E-state index in [-0.39, 0.29) is 5.97 Å². The SMILES string of the molecule is CCOC(=O)c1cccc(CCC#N)c1OCC. The molecule has 0 amide bonds. The van der Waals surface area contributed by atoms with Crippen molar-refractivity contribution in [3.8, 4) is 11.8 Å². The Morgan fingerprint density at radius 3 is 2.72 bits per heavy atom. The third-order valence-corrected chi connectivity index (χ3v) is 2.39. The number of benzene rings is 1. The first kappa shape index (κ1) is 14.0. The summed E-state index contributed by atoms with van der Waals surface area (Å²) >= 11 is 0. The van der Waals surface area contributed by atoms with E-state index >= 15 is 0 Å². The Morgan fingerprint density at radius 1 is 1.33 bits per heavy atom. The highest BCUT2D eigenvalue weighted by molar-refractivity contribution is 5.93. The molecule has 0 radical (unpaired) electrons. The van der Waals surface area contributed by atoms with Crippen molar-refractivity contribution in [2.45, 2.75) is 26.7 Å². The number of carbonyl (C=O) groups is 1. The molecule has 4 nitrogen and oxygen atoms in total. The van der Waals surface area contributed by atoms with Crippen LogP contribution in [0, 0.1) is 11.3 Å². The van der Waals surface area contributed by atoms with Gasteiger partial charge in [0.1, 0.15) is 11.3 Å². The number of aryl methyl sites for hydroxylation is 1. The van der Waals surface area contributed by atoms with E-state index in [0.717, 1.165) is 5.56 Å². The summed E-state index contributed by atoms with van der Waals surface area (Å²) in [6, 6.07) is 7.41. The van der Waals surface area contributed by atoms with Gasteiger partial charge in [-0.1, -0.05) is 12.1 Å². The summed E-state index contributed by atoms with van der Waals surface area (Å²) in [6.07, 6.45) is 0.964. The van der Waals surface area contributed by atoms with Gasteiger partial charge in [0.25, 0.3) is 0 Å². The molecule has 0 atom stereocenters. The Bertz CT molecular complexity index is 449. The van der Waals surface area contributed by atoms with E-state index in [1.165, 1.54) is 0 Å². The smallest absolute Gasteiger partial charge is 0.341 e. The normalized spacial score (nSPS) is 9.61. The first-order valence-corrected chi connectivity index (χ1v) is 6.03. The number of rotatable bonds is 6. The molecule has 0 unspecified atom stereocenters. The second-order valence-electron chi connectivity index (χ2n) is 3.61. The molecule has 0 fully saturated rings. The zero-order valence-electron chi connectivity index (χ0n) is 10.7. The van der Waals surface area contributed by atoms with Gasteiger partial charge >= 0.3 is 5.97 Å². The van der Waals surface area contributed by atoms with Gasteiger partial charge in [0, 0.05) is 6.42 Å². The van der Waals surface area contributed by atoms with E-state index < -0.39 is 0 Å². The maximum Gasteiger partial charge on any atom is 0.341 e. The molecule has 0 saturated carbocycles. The van der Waals surface area contributed by atoms with Gasteiger partial charge in [0.15, 0.2) is 0 Å². The molecule has 0 aliphatic rings. The molecule has 1 aromatic carbocycles. The topological polar surface area (TPSA) is 59.3 Å². The van der Waals surface area contributed by atoms with Crippen LogP contribution in [0.15, 0.2) is 18.2 Å². The van der Waals surface area contributed by atoms with Crippen LogP contribution in [-0.2, 0) is 11.2 Å². The molecule has 0 spiro atoms. The molecule has 0 aromatic heterocycles. The van der Waals surface area contributed by atoms with Crippen molar-refractivity contribution in [1.82, 2.24) is 0 Å². The van der Waals surface area contributed by atoms with Crippen molar-refractivity contribution in [3.05, 3.63) is 29.3 Å². The van der Waals surface area contributed by atoms with Crippen LogP contribution in [0.1, 0.15) is 36.2 Å². The molecule has 0 aliphatic heterocycles. The minimum absolute atomic E-state index is 0.326. The molecule has 0 bridgehead atoms. The lowest BCUT2D eigenvalue weighted by Crippen LogP contribution is -2.09. The molecule has 0 heterocycles. The fourth-order valence-electron chi connectivity index (χ4n) is 1.66. The van der Waals surface area contributed by atoms with Crippen LogP contribution in [0.3, 0.4) is 0 Å². The van der Waals surface area contributed by atoms with Crippen LogP contribution >= 0.6 is 0 Å². The third kappa shape index (κ3) is 3.49. The highest BCUT2D eigenvalue weighted by Gasteiger charge is 2.16. The molecule has 18 heavy (non-hydrogen) atoms. The zero-order chi connectivity index (χ0) is 13.4. The van der Waals surface area contributed by atoms with Gasteiger partial charge in [0.05, 0.1) is 19.3 Å². The zero-order valence-corrected chi connectivity index (χ0v) is 10.7. The number of esters is 1. The van der Waals surface area contributed by atoms with Gasteiger partial charge in [-0.05, 0) is 31.9 Å². The molecular formula is C14H17NO3. The Balaban J connectivity index is 3.08. The van der Waals surface area contributed by atoms with Crippen molar-refractivity contribution < 1.29 is 14.3 Å². The van der Waals surface area contributed by atoms with Gasteiger partial charge < -0.3 is 9.47 Å². The first-order valence-electron chi connectivity index (χ1n) is 6.03. The Morgan fingerprint density at radius 2 is 2.11 bits per heavy atom. The number of para-hydroxylation sites is 1. The van der Waals surface area contributed by atoms with Crippen LogP contribution in [0.5, 0.6) is 5.75 Å². The molecule has 0 aliphatic carbocycles. The number of nitrogens with zero attached hydrogens (tertiary/aromatic N) is 1. The lowest BCUT2D eigenvalue weighted by molar-refractivity contribution is 0.0521. The predicted molar refractivity (Wildman–Crippen MR) is 67.5 cm³/mol. The Kier molecular flexibility index (Phi) is 5.72. The lowest BCUT2D eigenvalue weighted by atomic mass is 10.0. The number of carbonyl (C=O) groups excluding carboxylic acids is 1. The maximum atomic E-state index is 11.8. The van der Waals surface area contributed by atoms with E-state index in [2.05, 4.69) is 6.07 Å². The third-order valence-electron chi connectivity index (χ3n) is 2.39. The summed E-state index contributed by atoms with van der Waals surface area (Å²) in [6.45, 7) is 4.41. The van der Waals surface area contributed by atoms with Gasteiger partial charge in [-0.2, -0.15) is 5.26 Å². The van der Waals surface area contributed by atoms with Crippen molar-refractivity contribution in [1.29, 1.82) is 5.26 Å². The largest absolute Gasteiger partial charge is 0.493 e. The highest BCUT2D eigenvalue weighted by atomic mass is 16.5. The monoisotopic (exact) mass is 247 g/mol. The van der Waals surface area contributed by atoms with Crippen LogP contribution in [-0.4, -0.2) is 19.2 Å². The maximum absolute atomic E-state index is 11.8. The van der Waals surface area contributed by atoms with Crippen LogP contribution < -0.4 is 4.74 Å². The number of ether oxygens (including phenoxy) is 2. The summed E-state index contributed by atoms with van der Waals surface area (Å²) in [5, 5.41) is 8.63. The fourth-order valence-corrected chi connectivity index (χ4v) is 1.66. The Hall–Kier alpha value is -2.02. The average Bonchev–Trinajstić information content (AvgIpc) is 2.38. The Labute approximate surface area is 107 Å². The number of nitriles is 1. The van der Waals surface area contributed by atoms with E-state index in [9.17, 15) is 4.79 Å². The summed E-state index contributed by atoms with van der Waals surface area (Å²) in [7, 11) is 0. The molecular weight excluding hydrogens is 230 g/mol. The van der Waals surface area contributed by atoms with Gasteiger partial charge in [-0.25, -0.2) is 4.79 Å². The second kappa shape index (κ2) is 7.33. The van der Waals surface area contributed by atoms with Crippen molar-refractivity contribution >= 4 is 5.97 Å². The molecule has 4 heteroatoms. The van der Waals surface area contributed by atoms with Crippen LogP contribution in [0.25, 0.3) is 0 Å². The van der Waals surface area contributed by atoms with E-state index in [4.69, 9.17) is 14.7 Å². The fraction of sp³-hybridized carbons (Fsp3) is 0.429. The van der Waals surface area contributed by atoms with Gasteiger partial charge in [-0.15, -0.1) is 0 Å². The number of hydrogen-bond donors (Lipinski definition) is 0. The standard InChI is InChI=1S/C14H17NO3/c1-3-17-13-11(8-6-10-15)7-5-9-12(13)14(16)18-4-2/h5,7,9H,3-4,6,8H2,1-2H3. The molecule has 1 rings (SSSR count). The summed E-state index contributed by atoms with van der Waals surface area (Å²) in [5.41, 5.74) is 1.29. The quantitative estimate of drug-likeness (QED) is 0.725. The number of hydrogen-bond acceptors (Lipinski definition) is 4. The summed E-state index contributed by atoms with van der Waals surface area (Å²) in [5.74, 6) is 0.147. The predicted octanol–water partition coefficient (Wildman–Crippen LogP) is 2.72. The second-order valence-corrected chi connectivity index (χ2v) is 3.61. The van der Waals surface area contributed by atoms with Crippen LogP contribution in [0.4, 0.5) is 0 Å². The summed E-state index contributed by atoms with van der Waals surface area (Å²) in [4.78, 5) is 11.8. The molecule has 1 aromatic rings. The molecule has 0 saturated heterocycles.